The molecule has 6 heteroatoms. The number of rotatable bonds is 6. The molecule has 5 aromatic carbocycles. The third kappa shape index (κ3) is 8.62. The van der Waals surface area contributed by atoms with Crippen molar-refractivity contribution in [1.29, 1.82) is 0 Å². The summed E-state index contributed by atoms with van der Waals surface area (Å²) >= 11 is -2.14. The van der Waals surface area contributed by atoms with E-state index in [9.17, 15) is 0 Å². The maximum absolute atomic E-state index is 8.49. The van der Waals surface area contributed by atoms with Gasteiger partial charge in [0.25, 0.3) is 0 Å². The van der Waals surface area contributed by atoms with E-state index in [1.807, 2.05) is 38.2 Å². The average molecular weight is 1020 g/mol. The Morgan fingerprint density at radius 2 is 1.64 bits per heavy atom. The van der Waals surface area contributed by atoms with Gasteiger partial charge in [0.2, 0.25) is 0 Å². The topological polar surface area (TPSA) is 39.9 Å². The summed E-state index contributed by atoms with van der Waals surface area (Å²) in [5.41, 5.74) is 11.6. The number of aryl methyl sites for hydroxylation is 1. The molecule has 301 valence electrons. The van der Waals surface area contributed by atoms with Gasteiger partial charge in [0.1, 0.15) is 6.10 Å². The van der Waals surface area contributed by atoms with E-state index < -0.39 is 26.0 Å². The smallest absolute Gasteiger partial charge is 0 e. The van der Waals surface area contributed by atoms with E-state index in [-0.39, 0.29) is 43.1 Å². The molecule has 0 bridgehead atoms. The summed E-state index contributed by atoms with van der Waals surface area (Å²) in [5, 5.41) is 0. The summed E-state index contributed by atoms with van der Waals surface area (Å²) in [6.07, 6.45) is 10.4. The first-order chi connectivity index (χ1) is 29.3. The summed E-state index contributed by atoms with van der Waals surface area (Å²) in [6, 6.07) is 43.3. The van der Waals surface area contributed by atoms with Crippen molar-refractivity contribution in [3.05, 3.63) is 174 Å². The minimum atomic E-state index is -2.14. The molecule has 2 unspecified atom stereocenters. The fraction of sp³-hybridized carbons (Fsp3) is 0.245. The quantitative estimate of drug-likeness (QED) is 0.123. The maximum atomic E-state index is 8.49. The van der Waals surface area contributed by atoms with Crippen LogP contribution < -0.4 is 9.13 Å². The average Bonchev–Trinajstić information content (AvgIpc) is 3.82. The molecule has 2 aromatic heterocycles. The summed E-state index contributed by atoms with van der Waals surface area (Å²) in [6.45, 7) is 8.45. The van der Waals surface area contributed by atoms with Gasteiger partial charge in [0.15, 0.2) is 0 Å². The van der Waals surface area contributed by atoms with Crippen molar-refractivity contribution in [2.75, 3.05) is 0 Å². The van der Waals surface area contributed by atoms with Gasteiger partial charge in [-0.05, 0) is 46.9 Å². The monoisotopic (exact) mass is 1020 g/mol. The number of nitrogens with zero attached hydrogens (tertiary/aromatic N) is 3. The fourth-order valence-corrected chi connectivity index (χ4v) is 11.2. The molecule has 0 N–H and O–H groups in total. The Labute approximate surface area is 372 Å². The zero-order valence-corrected chi connectivity index (χ0v) is 39.5. The number of ether oxygens (including phenoxy) is 1. The van der Waals surface area contributed by atoms with E-state index in [2.05, 4.69) is 157 Å². The molecule has 0 amide bonds. The van der Waals surface area contributed by atoms with Crippen LogP contribution in [0.5, 0.6) is 5.75 Å². The van der Waals surface area contributed by atoms with Crippen molar-refractivity contribution in [3.8, 4) is 45.2 Å². The maximum Gasteiger partial charge on any atom is 0 e. The molecule has 0 saturated heterocycles. The molecule has 1 aliphatic heterocycles. The number of para-hydroxylation sites is 2. The van der Waals surface area contributed by atoms with Gasteiger partial charge in [-0.15, -0.1) is 18.2 Å². The molecule has 3 heterocycles. The molecule has 4 nitrogen and oxygen atoms in total. The van der Waals surface area contributed by atoms with Gasteiger partial charge in [-0.25, -0.2) is 0 Å². The van der Waals surface area contributed by atoms with Crippen LogP contribution in [0.3, 0.4) is 0 Å². The molecule has 2 atom stereocenters. The van der Waals surface area contributed by atoms with Crippen LogP contribution in [0.25, 0.3) is 50.5 Å². The number of allylic oxidation sites excluding steroid dienone is 2. The number of benzene rings is 5. The standard InChI is InChI=1S/C35H29N2O.C18H24GeN.Ir/c1-35(2,3)24-20-21-30(28(22-24)23-12-5-4-6-13-23)37-31-18-9-8-17-29(31)36-34(37)27-16-11-15-26-25-14-7-10-19-32(25)38-33(26)27;1-13(2)16-11-18(15-9-7-14(3)8-10-15)20-12-17(16)19(4,5)6;/h4-15,17-22,25,32H,1-3H3;7-9,11-13H,1-6H3;/q2*-1;/i;3D3,13D;. The molecular formula is C53H53GeIrN3O-2. The van der Waals surface area contributed by atoms with Crippen LogP contribution >= 0.6 is 0 Å². The third-order valence-corrected chi connectivity index (χ3v) is 15.2. The predicted octanol–water partition coefficient (Wildman–Crippen LogP) is 13.0. The van der Waals surface area contributed by atoms with Gasteiger partial charge < -0.3 is 9.30 Å². The number of aromatic nitrogens is 3. The summed E-state index contributed by atoms with van der Waals surface area (Å²) < 4.78 is 40.9. The first-order valence-electron chi connectivity index (χ1n) is 22.1. The van der Waals surface area contributed by atoms with Crippen molar-refractivity contribution in [2.45, 2.75) is 82.1 Å². The van der Waals surface area contributed by atoms with Gasteiger partial charge in [-0.2, -0.15) is 0 Å². The first kappa shape index (κ1) is 37.2. The summed E-state index contributed by atoms with van der Waals surface area (Å²) in [4.78, 5) is 9.75. The predicted molar refractivity (Wildman–Crippen MR) is 245 cm³/mol. The van der Waals surface area contributed by atoms with E-state index in [4.69, 9.17) is 15.2 Å². The van der Waals surface area contributed by atoms with Crippen LogP contribution in [-0.2, 0) is 25.5 Å². The molecule has 0 saturated carbocycles. The van der Waals surface area contributed by atoms with Crippen molar-refractivity contribution in [1.82, 2.24) is 14.5 Å². The Morgan fingerprint density at radius 3 is 2.36 bits per heavy atom. The number of pyridine rings is 1. The number of fused-ring (bicyclic) bond motifs is 4. The van der Waals surface area contributed by atoms with E-state index >= 15 is 0 Å². The van der Waals surface area contributed by atoms with Crippen LogP contribution in [0.4, 0.5) is 0 Å². The van der Waals surface area contributed by atoms with E-state index in [0.29, 0.717) is 0 Å². The van der Waals surface area contributed by atoms with Crippen LogP contribution in [0, 0.1) is 19.0 Å². The molecule has 2 aliphatic rings. The summed E-state index contributed by atoms with van der Waals surface area (Å²) in [7, 11) is 0. The van der Waals surface area contributed by atoms with Crippen LogP contribution in [-0.4, -0.2) is 33.9 Å². The normalized spacial score (nSPS) is 16.9. The first-order valence-corrected chi connectivity index (χ1v) is 27.4. The fourth-order valence-electron chi connectivity index (χ4n) is 7.85. The second kappa shape index (κ2) is 17.0. The van der Waals surface area contributed by atoms with Crippen LogP contribution in [0.1, 0.15) is 74.2 Å². The Bertz CT molecular complexity index is 2830. The minimum absolute atomic E-state index is 0. The van der Waals surface area contributed by atoms with E-state index in [1.54, 1.807) is 12.1 Å². The largest absolute Gasteiger partial charge is 0 e. The Morgan fingerprint density at radius 1 is 0.881 bits per heavy atom. The third-order valence-electron chi connectivity index (χ3n) is 11.0. The van der Waals surface area contributed by atoms with Crippen molar-refractivity contribution in [3.63, 3.8) is 0 Å². The second-order valence-corrected chi connectivity index (χ2v) is 28.1. The molecule has 0 spiro atoms. The van der Waals surface area contributed by atoms with Crippen molar-refractivity contribution >= 4 is 28.7 Å². The molecular weight excluding hydrogens is 959 g/mol. The van der Waals surface area contributed by atoms with Crippen molar-refractivity contribution in [2.24, 2.45) is 0 Å². The molecule has 7 aromatic rings. The Balaban J connectivity index is 0.000000207. The molecule has 59 heavy (non-hydrogen) atoms. The van der Waals surface area contributed by atoms with Gasteiger partial charge >= 0.3 is 131 Å². The molecule has 0 fully saturated rings. The zero-order chi connectivity index (χ0) is 44.2. The van der Waals surface area contributed by atoms with E-state index in [1.165, 1.54) is 32.7 Å². The van der Waals surface area contributed by atoms with Crippen LogP contribution in [0.2, 0.25) is 17.3 Å². The number of hydrogen-bond acceptors (Lipinski definition) is 3. The Kier molecular flexibility index (Phi) is 10.8. The molecule has 9 rings (SSSR count). The zero-order valence-electron chi connectivity index (χ0n) is 39.0. The Hall–Kier alpha value is -4.81. The SMILES string of the molecule is CC(C)(C)c1ccc(-n2c(-c3[c-]ccc4c3OC3C=CC=CC43)nc3ccccc32)c(-c2ccccc2)c1.[2H]C([2H])([2H])c1c[c-]c(-c2cc(C([2H])(C)C)[c]([Ge]([CH3])([CH3])[CH3])cn2)cc1.[Ir]. The van der Waals surface area contributed by atoms with E-state index in [0.717, 1.165) is 50.7 Å². The van der Waals surface area contributed by atoms with Gasteiger partial charge in [0, 0.05) is 43.0 Å². The van der Waals surface area contributed by atoms with Crippen molar-refractivity contribution < 1.29 is 30.3 Å². The van der Waals surface area contributed by atoms with Gasteiger partial charge in [-0.3, -0.25) is 4.98 Å². The van der Waals surface area contributed by atoms with Gasteiger partial charge in [-0.1, -0.05) is 98.7 Å². The molecule has 1 radical (unpaired) electrons. The molecule has 1 aliphatic carbocycles. The minimum Gasteiger partial charge on any atom is 0 e. The summed E-state index contributed by atoms with van der Waals surface area (Å²) in [5.74, 6) is 8.12. The van der Waals surface area contributed by atoms with Gasteiger partial charge in [0.05, 0.1) is 16.9 Å². The van der Waals surface area contributed by atoms with Crippen LogP contribution in [0.15, 0.2) is 140 Å². The number of imidazole rings is 1. The number of hydrogen-bond donors (Lipinski definition) is 0. The second-order valence-electron chi connectivity index (χ2n) is 17.5.